The Balaban J connectivity index is 1.65. The summed E-state index contributed by atoms with van der Waals surface area (Å²) < 4.78 is 1.89. The fraction of sp³-hybridized carbons (Fsp3) is 0.545. The maximum atomic E-state index is 4.94. The van der Waals surface area contributed by atoms with Crippen LogP contribution in [-0.2, 0) is 20.1 Å². The number of aryl methyl sites for hydroxylation is 1. The van der Waals surface area contributed by atoms with Crippen molar-refractivity contribution >= 4 is 5.96 Å². The van der Waals surface area contributed by atoms with Crippen LogP contribution in [0, 0.1) is 0 Å². The van der Waals surface area contributed by atoms with Gasteiger partial charge in [0.05, 0.1) is 12.7 Å². The minimum absolute atomic E-state index is 0.533. The molecule has 2 aromatic rings. The lowest BCUT2D eigenvalue weighted by Gasteiger charge is -2.21. The van der Waals surface area contributed by atoms with Gasteiger partial charge in [-0.3, -0.25) is 4.68 Å². The second-order valence-electron chi connectivity index (χ2n) is 7.70. The highest BCUT2D eigenvalue weighted by Crippen LogP contribution is 2.26. The average molecular weight is 383 g/mol. The number of rotatable bonds is 7. The summed E-state index contributed by atoms with van der Waals surface area (Å²) in [6.07, 6.45) is 5.28. The SMILES string of the molecule is CCNC(=NCc1cccc(CN(C)CC)c1)N1CCC(c2cnn(C)c2)C1. The molecule has 28 heavy (non-hydrogen) atoms. The molecule has 1 unspecified atom stereocenters. The number of aliphatic imine (C=N–C) groups is 1. The van der Waals surface area contributed by atoms with Crippen LogP contribution in [0.2, 0.25) is 0 Å². The number of hydrogen-bond acceptors (Lipinski definition) is 3. The van der Waals surface area contributed by atoms with Gasteiger partial charge >= 0.3 is 0 Å². The number of aromatic nitrogens is 2. The van der Waals surface area contributed by atoms with Crippen molar-refractivity contribution in [2.24, 2.45) is 12.0 Å². The predicted octanol–water partition coefficient (Wildman–Crippen LogP) is 2.83. The molecule has 1 aliphatic rings. The van der Waals surface area contributed by atoms with Crippen LogP contribution in [0.4, 0.5) is 0 Å². The zero-order valence-electron chi connectivity index (χ0n) is 17.7. The molecule has 0 amide bonds. The summed E-state index contributed by atoms with van der Waals surface area (Å²) in [7, 11) is 4.13. The molecule has 6 heteroatoms. The number of guanidine groups is 1. The van der Waals surface area contributed by atoms with Crippen LogP contribution in [0.1, 0.15) is 42.9 Å². The lowest BCUT2D eigenvalue weighted by molar-refractivity contribution is 0.345. The summed E-state index contributed by atoms with van der Waals surface area (Å²) in [5, 5.41) is 7.80. The van der Waals surface area contributed by atoms with E-state index in [9.17, 15) is 0 Å². The van der Waals surface area contributed by atoms with Crippen LogP contribution in [0.5, 0.6) is 0 Å². The molecule has 1 aliphatic heterocycles. The van der Waals surface area contributed by atoms with E-state index < -0.39 is 0 Å². The summed E-state index contributed by atoms with van der Waals surface area (Å²) in [5.74, 6) is 1.55. The van der Waals surface area contributed by atoms with Gasteiger partial charge < -0.3 is 15.1 Å². The lowest BCUT2D eigenvalue weighted by atomic mass is 10.0. The van der Waals surface area contributed by atoms with Crippen LogP contribution in [0.3, 0.4) is 0 Å². The summed E-state index contributed by atoms with van der Waals surface area (Å²) >= 11 is 0. The Morgan fingerprint density at radius 2 is 2.14 bits per heavy atom. The smallest absolute Gasteiger partial charge is 0.194 e. The van der Waals surface area contributed by atoms with Gasteiger partial charge in [-0.25, -0.2) is 4.99 Å². The van der Waals surface area contributed by atoms with Crippen molar-refractivity contribution in [3.8, 4) is 0 Å². The number of nitrogens with one attached hydrogen (secondary N) is 1. The van der Waals surface area contributed by atoms with Crippen molar-refractivity contribution in [2.45, 2.75) is 39.3 Å². The molecule has 0 bridgehead atoms. The second kappa shape index (κ2) is 9.73. The molecule has 0 saturated carbocycles. The minimum Gasteiger partial charge on any atom is -0.357 e. The molecule has 3 rings (SSSR count). The van der Waals surface area contributed by atoms with Crippen LogP contribution < -0.4 is 5.32 Å². The van der Waals surface area contributed by atoms with E-state index in [2.05, 4.69) is 71.6 Å². The molecule has 1 aromatic carbocycles. The van der Waals surface area contributed by atoms with Gasteiger partial charge in [-0.2, -0.15) is 5.10 Å². The van der Waals surface area contributed by atoms with Gasteiger partial charge in [-0.05, 0) is 43.6 Å². The molecular weight excluding hydrogens is 348 g/mol. The van der Waals surface area contributed by atoms with Gasteiger partial charge in [0.2, 0.25) is 0 Å². The van der Waals surface area contributed by atoms with Crippen molar-refractivity contribution < 1.29 is 0 Å². The van der Waals surface area contributed by atoms with Gasteiger partial charge in [0, 0.05) is 45.3 Å². The third-order valence-electron chi connectivity index (χ3n) is 5.41. The van der Waals surface area contributed by atoms with E-state index in [1.807, 2.05) is 17.9 Å². The Hall–Kier alpha value is -2.34. The van der Waals surface area contributed by atoms with Gasteiger partial charge in [-0.15, -0.1) is 0 Å². The number of nitrogens with zero attached hydrogens (tertiary/aromatic N) is 5. The van der Waals surface area contributed by atoms with E-state index in [-0.39, 0.29) is 0 Å². The normalized spacial score (nSPS) is 17.5. The van der Waals surface area contributed by atoms with E-state index >= 15 is 0 Å². The molecule has 0 aliphatic carbocycles. The molecule has 0 spiro atoms. The first-order valence-corrected chi connectivity index (χ1v) is 10.4. The summed E-state index contributed by atoms with van der Waals surface area (Å²) in [6.45, 7) is 9.98. The number of benzene rings is 1. The molecule has 6 nitrogen and oxygen atoms in total. The van der Waals surface area contributed by atoms with Crippen molar-refractivity contribution in [3.63, 3.8) is 0 Å². The van der Waals surface area contributed by atoms with Gasteiger partial charge in [-0.1, -0.05) is 31.2 Å². The quantitative estimate of drug-likeness (QED) is 0.591. The Morgan fingerprint density at radius 1 is 1.32 bits per heavy atom. The van der Waals surface area contributed by atoms with E-state index in [0.29, 0.717) is 12.5 Å². The van der Waals surface area contributed by atoms with Crippen LogP contribution in [-0.4, -0.2) is 58.8 Å². The van der Waals surface area contributed by atoms with Crippen molar-refractivity contribution in [2.75, 3.05) is 33.2 Å². The molecule has 2 heterocycles. The topological polar surface area (TPSA) is 48.7 Å². The molecule has 1 atom stereocenters. The third kappa shape index (κ3) is 5.35. The molecule has 1 fully saturated rings. The molecular formula is C22H34N6. The van der Waals surface area contributed by atoms with Gasteiger partial charge in [0.1, 0.15) is 0 Å². The number of likely N-dealkylation sites (tertiary alicyclic amines) is 1. The zero-order valence-corrected chi connectivity index (χ0v) is 17.7. The zero-order chi connectivity index (χ0) is 19.9. The first-order valence-electron chi connectivity index (χ1n) is 10.4. The Kier molecular flexibility index (Phi) is 7.09. The van der Waals surface area contributed by atoms with Crippen molar-refractivity contribution in [3.05, 3.63) is 53.3 Å². The van der Waals surface area contributed by atoms with E-state index in [1.165, 1.54) is 16.7 Å². The first kappa shape index (κ1) is 20.4. The maximum Gasteiger partial charge on any atom is 0.194 e. The largest absolute Gasteiger partial charge is 0.357 e. The maximum absolute atomic E-state index is 4.94. The summed E-state index contributed by atoms with van der Waals surface area (Å²) in [6, 6.07) is 8.79. The van der Waals surface area contributed by atoms with E-state index in [1.54, 1.807) is 0 Å². The number of hydrogen-bond donors (Lipinski definition) is 1. The van der Waals surface area contributed by atoms with Crippen molar-refractivity contribution in [1.82, 2.24) is 24.9 Å². The van der Waals surface area contributed by atoms with Gasteiger partial charge in [0.15, 0.2) is 5.96 Å². The molecule has 152 valence electrons. The summed E-state index contributed by atoms with van der Waals surface area (Å²) in [5.41, 5.74) is 3.94. The first-order chi connectivity index (χ1) is 13.6. The van der Waals surface area contributed by atoms with E-state index in [4.69, 9.17) is 4.99 Å². The molecule has 1 N–H and O–H groups in total. The minimum atomic E-state index is 0.533. The van der Waals surface area contributed by atoms with Crippen LogP contribution in [0.25, 0.3) is 0 Å². The van der Waals surface area contributed by atoms with Gasteiger partial charge in [0.25, 0.3) is 0 Å². The second-order valence-corrected chi connectivity index (χ2v) is 7.70. The highest BCUT2D eigenvalue weighted by molar-refractivity contribution is 5.80. The molecule has 1 saturated heterocycles. The Labute approximate surface area is 169 Å². The Bertz CT molecular complexity index is 781. The van der Waals surface area contributed by atoms with Crippen LogP contribution >= 0.6 is 0 Å². The highest BCUT2D eigenvalue weighted by Gasteiger charge is 2.26. The van der Waals surface area contributed by atoms with E-state index in [0.717, 1.165) is 45.1 Å². The third-order valence-corrected chi connectivity index (χ3v) is 5.41. The predicted molar refractivity (Wildman–Crippen MR) is 115 cm³/mol. The Morgan fingerprint density at radius 3 is 2.86 bits per heavy atom. The standard InChI is InChI=1S/C22H34N6/c1-5-23-22(28-11-10-20(17-28)21-14-25-27(4)16-21)24-13-18-8-7-9-19(12-18)15-26(3)6-2/h7-9,12,14,16,20H,5-6,10-11,13,15,17H2,1-4H3,(H,23,24). The lowest BCUT2D eigenvalue weighted by Crippen LogP contribution is -2.40. The highest BCUT2D eigenvalue weighted by atomic mass is 15.3. The van der Waals surface area contributed by atoms with Crippen molar-refractivity contribution in [1.29, 1.82) is 0 Å². The molecule has 0 radical (unpaired) electrons. The monoisotopic (exact) mass is 382 g/mol. The average Bonchev–Trinajstić information content (AvgIpc) is 3.34. The summed E-state index contributed by atoms with van der Waals surface area (Å²) in [4.78, 5) is 9.64. The fourth-order valence-corrected chi connectivity index (χ4v) is 3.72. The fourth-order valence-electron chi connectivity index (χ4n) is 3.72. The molecule has 1 aromatic heterocycles. The van der Waals surface area contributed by atoms with Crippen LogP contribution in [0.15, 0.2) is 41.7 Å².